The summed E-state index contributed by atoms with van der Waals surface area (Å²) in [5.74, 6) is -2.70. The normalized spacial score (nSPS) is 14.3. The Morgan fingerprint density at radius 1 is 0.762 bits per heavy atom. The number of carbonyl (C=O) groups is 4. The third-order valence-corrected chi connectivity index (χ3v) is 2.13. The molecule has 0 aliphatic carbocycles. The highest BCUT2D eigenvalue weighted by Crippen LogP contribution is 2.02. The van der Waals surface area contributed by atoms with Gasteiger partial charge in [0.05, 0.1) is 0 Å². The van der Waals surface area contributed by atoms with E-state index < -0.39 is 42.2 Å². The summed E-state index contributed by atoms with van der Waals surface area (Å²) in [7, 11) is 0. The maximum atomic E-state index is 11.5. The fourth-order valence-electron chi connectivity index (χ4n) is 1.24. The van der Waals surface area contributed by atoms with E-state index in [1.54, 1.807) is 0 Å². The van der Waals surface area contributed by atoms with E-state index in [-0.39, 0.29) is 6.61 Å². The summed E-state index contributed by atoms with van der Waals surface area (Å²) in [5.41, 5.74) is 0. The monoisotopic (exact) mass is 304 g/mol. The minimum Gasteiger partial charge on any atom is -0.459 e. The molecule has 0 aromatic carbocycles. The van der Waals surface area contributed by atoms with Gasteiger partial charge in [-0.3, -0.25) is 9.59 Å². The summed E-state index contributed by atoms with van der Waals surface area (Å²) in [6.07, 6.45) is -2.81. The summed E-state index contributed by atoms with van der Waals surface area (Å²) < 4.78 is 19.0. The number of esters is 4. The predicted octanol–water partition coefficient (Wildman–Crippen LogP) is 0.364. The van der Waals surface area contributed by atoms with Gasteiger partial charge in [-0.2, -0.15) is 0 Å². The smallest absolute Gasteiger partial charge is 0.347 e. The zero-order chi connectivity index (χ0) is 16.6. The van der Waals surface area contributed by atoms with E-state index in [0.717, 1.165) is 0 Å². The Hall–Kier alpha value is -2.12. The van der Waals surface area contributed by atoms with Crippen LogP contribution in [0.2, 0.25) is 0 Å². The summed E-state index contributed by atoms with van der Waals surface area (Å²) in [5, 5.41) is 0. The van der Waals surface area contributed by atoms with Crippen molar-refractivity contribution in [2.24, 2.45) is 0 Å². The minimum atomic E-state index is -1.04. The Balaban J connectivity index is 4.12. The Kier molecular flexibility index (Phi) is 8.03. The third kappa shape index (κ3) is 8.61. The van der Waals surface area contributed by atoms with E-state index in [4.69, 9.17) is 9.47 Å². The van der Waals surface area contributed by atoms with Gasteiger partial charge in [0.1, 0.15) is 12.7 Å². The highest BCUT2D eigenvalue weighted by atomic mass is 16.6. The zero-order valence-electron chi connectivity index (χ0n) is 12.7. The SMILES string of the molecule is CC(=O)OC(C)C(=O)OCC(C)OC(=O)C(C)OC(C)=O. The van der Waals surface area contributed by atoms with Crippen LogP contribution in [-0.4, -0.2) is 48.8 Å². The number of rotatable bonds is 7. The lowest BCUT2D eigenvalue weighted by molar-refractivity contribution is -0.175. The van der Waals surface area contributed by atoms with Gasteiger partial charge < -0.3 is 18.9 Å². The molecular formula is C13H20O8. The number of ether oxygens (including phenoxy) is 4. The van der Waals surface area contributed by atoms with Crippen molar-refractivity contribution in [3.63, 3.8) is 0 Å². The van der Waals surface area contributed by atoms with Gasteiger partial charge in [-0.1, -0.05) is 0 Å². The molecule has 8 heteroatoms. The third-order valence-electron chi connectivity index (χ3n) is 2.13. The molecule has 0 saturated carbocycles. The van der Waals surface area contributed by atoms with Crippen molar-refractivity contribution in [1.82, 2.24) is 0 Å². The maximum absolute atomic E-state index is 11.5. The van der Waals surface area contributed by atoms with Gasteiger partial charge in [0, 0.05) is 13.8 Å². The lowest BCUT2D eigenvalue weighted by Crippen LogP contribution is -2.32. The second-order valence-electron chi connectivity index (χ2n) is 4.38. The Labute approximate surface area is 122 Å². The van der Waals surface area contributed by atoms with Crippen molar-refractivity contribution in [3.8, 4) is 0 Å². The van der Waals surface area contributed by atoms with Crippen LogP contribution in [0.15, 0.2) is 0 Å². The molecule has 21 heavy (non-hydrogen) atoms. The van der Waals surface area contributed by atoms with Crippen LogP contribution >= 0.6 is 0 Å². The number of carbonyl (C=O) groups excluding carboxylic acids is 4. The molecule has 0 heterocycles. The molecule has 0 aliphatic rings. The first-order valence-electron chi connectivity index (χ1n) is 6.35. The Morgan fingerprint density at radius 2 is 1.19 bits per heavy atom. The van der Waals surface area contributed by atoms with Crippen molar-refractivity contribution in [2.75, 3.05) is 6.61 Å². The molecule has 3 atom stereocenters. The molecule has 0 N–H and O–H groups in total. The zero-order valence-corrected chi connectivity index (χ0v) is 12.7. The van der Waals surface area contributed by atoms with Gasteiger partial charge in [0.2, 0.25) is 0 Å². The summed E-state index contributed by atoms with van der Waals surface area (Å²) in [6.45, 7) is 6.37. The van der Waals surface area contributed by atoms with Gasteiger partial charge in [0.15, 0.2) is 12.2 Å². The molecular weight excluding hydrogens is 284 g/mol. The average Bonchev–Trinajstić information content (AvgIpc) is 2.33. The molecule has 8 nitrogen and oxygen atoms in total. The highest BCUT2D eigenvalue weighted by molar-refractivity contribution is 5.79. The molecule has 0 aromatic rings. The molecule has 0 fully saturated rings. The van der Waals surface area contributed by atoms with Crippen LogP contribution < -0.4 is 0 Å². The standard InChI is InChI=1S/C13H20O8/c1-7(19-13(17)9(3)21-11(5)15)6-18-12(16)8(2)20-10(4)14/h7-9H,6H2,1-5H3. The summed E-state index contributed by atoms with van der Waals surface area (Å²) in [4.78, 5) is 44.3. The van der Waals surface area contributed by atoms with Crippen molar-refractivity contribution in [1.29, 1.82) is 0 Å². The molecule has 0 amide bonds. The molecule has 0 rings (SSSR count). The van der Waals surface area contributed by atoms with Gasteiger partial charge in [-0.15, -0.1) is 0 Å². The highest BCUT2D eigenvalue weighted by Gasteiger charge is 2.22. The quantitative estimate of drug-likeness (QED) is 0.490. The van der Waals surface area contributed by atoms with E-state index >= 15 is 0 Å². The summed E-state index contributed by atoms with van der Waals surface area (Å²) >= 11 is 0. The molecule has 120 valence electrons. The minimum absolute atomic E-state index is 0.205. The second kappa shape index (κ2) is 8.93. The Bertz CT molecular complexity index is 403. The van der Waals surface area contributed by atoms with Crippen molar-refractivity contribution in [3.05, 3.63) is 0 Å². The topological polar surface area (TPSA) is 105 Å². The number of hydrogen-bond acceptors (Lipinski definition) is 8. The Morgan fingerprint density at radius 3 is 1.62 bits per heavy atom. The first-order chi connectivity index (χ1) is 9.63. The van der Waals surface area contributed by atoms with E-state index in [0.29, 0.717) is 0 Å². The van der Waals surface area contributed by atoms with E-state index in [2.05, 4.69) is 9.47 Å². The van der Waals surface area contributed by atoms with Crippen molar-refractivity contribution >= 4 is 23.9 Å². The maximum Gasteiger partial charge on any atom is 0.347 e. The predicted molar refractivity (Wildman–Crippen MR) is 69.0 cm³/mol. The van der Waals surface area contributed by atoms with E-state index in [1.165, 1.54) is 34.6 Å². The molecule has 3 unspecified atom stereocenters. The van der Waals surface area contributed by atoms with Gasteiger partial charge in [-0.25, -0.2) is 9.59 Å². The second-order valence-corrected chi connectivity index (χ2v) is 4.38. The van der Waals surface area contributed by atoms with Crippen LogP contribution in [0, 0.1) is 0 Å². The fourth-order valence-corrected chi connectivity index (χ4v) is 1.24. The molecule has 0 saturated heterocycles. The first-order valence-corrected chi connectivity index (χ1v) is 6.35. The van der Waals surface area contributed by atoms with Gasteiger partial charge >= 0.3 is 23.9 Å². The van der Waals surface area contributed by atoms with Crippen LogP contribution in [-0.2, 0) is 38.1 Å². The van der Waals surface area contributed by atoms with E-state index in [9.17, 15) is 19.2 Å². The van der Waals surface area contributed by atoms with Crippen LogP contribution in [0.4, 0.5) is 0 Å². The molecule has 0 spiro atoms. The molecule has 0 aliphatic heterocycles. The van der Waals surface area contributed by atoms with Crippen molar-refractivity contribution in [2.45, 2.75) is 52.9 Å². The van der Waals surface area contributed by atoms with E-state index in [1.807, 2.05) is 0 Å². The first kappa shape index (κ1) is 18.9. The van der Waals surface area contributed by atoms with Crippen LogP contribution in [0.5, 0.6) is 0 Å². The van der Waals surface area contributed by atoms with Crippen LogP contribution in [0.3, 0.4) is 0 Å². The molecule has 0 aromatic heterocycles. The van der Waals surface area contributed by atoms with Gasteiger partial charge in [0.25, 0.3) is 0 Å². The lowest BCUT2D eigenvalue weighted by atomic mass is 10.3. The lowest BCUT2D eigenvalue weighted by Gasteiger charge is -2.17. The fraction of sp³-hybridized carbons (Fsp3) is 0.692. The van der Waals surface area contributed by atoms with Crippen molar-refractivity contribution < 1.29 is 38.1 Å². The van der Waals surface area contributed by atoms with Crippen LogP contribution in [0.1, 0.15) is 34.6 Å². The van der Waals surface area contributed by atoms with Crippen LogP contribution in [0.25, 0.3) is 0 Å². The largest absolute Gasteiger partial charge is 0.459 e. The van der Waals surface area contributed by atoms with Gasteiger partial charge in [-0.05, 0) is 20.8 Å². The molecule has 0 bridgehead atoms. The number of hydrogen-bond donors (Lipinski definition) is 0. The average molecular weight is 304 g/mol. The molecule has 0 radical (unpaired) electrons. The summed E-state index contributed by atoms with van der Waals surface area (Å²) in [6, 6.07) is 0.